The zero-order valence-electron chi connectivity index (χ0n) is 7.03. The van der Waals surface area contributed by atoms with Gasteiger partial charge in [-0.15, -0.1) is 0 Å². The van der Waals surface area contributed by atoms with Crippen molar-refractivity contribution in [1.29, 1.82) is 0 Å². The third kappa shape index (κ3) is 2.66. The molecule has 0 aromatic heterocycles. The molecule has 0 unspecified atom stereocenters. The standard InChI is InChI=1S/C10H11NO/c1-11-8-10(12)7-9-5-3-2-4-6-9/h2-6,8H,7H2,1H3. The van der Waals surface area contributed by atoms with Crippen LogP contribution in [0.25, 0.3) is 0 Å². The summed E-state index contributed by atoms with van der Waals surface area (Å²) in [5.41, 5.74) is 1.03. The predicted octanol–water partition coefficient (Wildman–Crippen LogP) is 1.50. The molecule has 0 saturated heterocycles. The SMILES string of the molecule is CN=CC(=O)Cc1ccccc1. The molecular formula is C10H11NO. The Labute approximate surface area is 71.9 Å². The van der Waals surface area contributed by atoms with Crippen LogP contribution in [0.1, 0.15) is 5.56 Å². The van der Waals surface area contributed by atoms with Crippen molar-refractivity contribution >= 4 is 12.0 Å². The van der Waals surface area contributed by atoms with Crippen LogP contribution in [0.4, 0.5) is 0 Å². The molecule has 0 aliphatic heterocycles. The van der Waals surface area contributed by atoms with Gasteiger partial charge in [0.1, 0.15) is 0 Å². The molecule has 1 rings (SSSR count). The Kier molecular flexibility index (Phi) is 3.20. The molecule has 0 amide bonds. The Bertz CT molecular complexity index is 277. The zero-order valence-corrected chi connectivity index (χ0v) is 7.03. The highest BCUT2D eigenvalue weighted by atomic mass is 16.1. The minimum atomic E-state index is 0.0451. The number of hydrogen-bond donors (Lipinski definition) is 0. The lowest BCUT2D eigenvalue weighted by molar-refractivity contribution is -0.112. The largest absolute Gasteiger partial charge is 0.293 e. The average molecular weight is 161 g/mol. The molecule has 0 aliphatic carbocycles. The van der Waals surface area contributed by atoms with Gasteiger partial charge >= 0.3 is 0 Å². The number of carbonyl (C=O) groups is 1. The van der Waals surface area contributed by atoms with Crippen molar-refractivity contribution < 1.29 is 4.79 Å². The highest BCUT2D eigenvalue weighted by molar-refractivity contribution is 6.28. The van der Waals surface area contributed by atoms with E-state index in [0.29, 0.717) is 6.42 Å². The molecule has 1 aromatic rings. The van der Waals surface area contributed by atoms with E-state index in [4.69, 9.17) is 0 Å². The Morgan fingerprint density at radius 2 is 2.08 bits per heavy atom. The number of Topliss-reactive ketones (excluding diaryl/α,β-unsaturated/α-hetero) is 1. The van der Waals surface area contributed by atoms with E-state index in [-0.39, 0.29) is 5.78 Å². The van der Waals surface area contributed by atoms with E-state index >= 15 is 0 Å². The number of nitrogens with zero attached hydrogens (tertiary/aromatic N) is 1. The number of benzene rings is 1. The van der Waals surface area contributed by atoms with Crippen LogP contribution in [0.15, 0.2) is 35.3 Å². The monoisotopic (exact) mass is 161 g/mol. The van der Waals surface area contributed by atoms with Crippen LogP contribution in [0.5, 0.6) is 0 Å². The Balaban J connectivity index is 2.59. The first-order valence-electron chi connectivity index (χ1n) is 3.82. The van der Waals surface area contributed by atoms with Crippen molar-refractivity contribution in [2.24, 2.45) is 4.99 Å². The fourth-order valence-electron chi connectivity index (χ4n) is 0.987. The van der Waals surface area contributed by atoms with Crippen molar-refractivity contribution in [2.45, 2.75) is 6.42 Å². The summed E-state index contributed by atoms with van der Waals surface area (Å²) < 4.78 is 0. The van der Waals surface area contributed by atoms with Crippen molar-refractivity contribution in [1.82, 2.24) is 0 Å². The van der Waals surface area contributed by atoms with Gasteiger partial charge in [-0.25, -0.2) is 0 Å². The molecule has 0 atom stereocenters. The minimum absolute atomic E-state index is 0.0451. The van der Waals surface area contributed by atoms with Gasteiger partial charge < -0.3 is 0 Å². The number of aliphatic imine (C=N–C) groups is 1. The second kappa shape index (κ2) is 4.44. The van der Waals surface area contributed by atoms with Crippen molar-refractivity contribution in [2.75, 3.05) is 7.05 Å². The summed E-state index contributed by atoms with van der Waals surface area (Å²) in [5.74, 6) is 0.0451. The maximum absolute atomic E-state index is 11.1. The maximum atomic E-state index is 11.1. The van der Waals surface area contributed by atoms with E-state index in [1.54, 1.807) is 7.05 Å². The van der Waals surface area contributed by atoms with Gasteiger partial charge in [-0.1, -0.05) is 30.3 Å². The lowest BCUT2D eigenvalue weighted by Gasteiger charge is -1.94. The molecule has 0 spiro atoms. The summed E-state index contributed by atoms with van der Waals surface area (Å²) in [6.45, 7) is 0. The zero-order chi connectivity index (χ0) is 8.81. The Morgan fingerprint density at radius 1 is 1.42 bits per heavy atom. The van der Waals surface area contributed by atoms with E-state index in [0.717, 1.165) is 5.56 Å². The second-order valence-electron chi connectivity index (χ2n) is 2.52. The molecule has 1 aromatic carbocycles. The van der Waals surface area contributed by atoms with E-state index in [9.17, 15) is 4.79 Å². The average Bonchev–Trinajstić information content (AvgIpc) is 2.06. The van der Waals surface area contributed by atoms with Crippen LogP contribution >= 0.6 is 0 Å². The van der Waals surface area contributed by atoms with Gasteiger partial charge in [0.05, 0.1) is 6.21 Å². The van der Waals surface area contributed by atoms with Gasteiger partial charge in [-0.05, 0) is 5.56 Å². The summed E-state index contributed by atoms with van der Waals surface area (Å²) in [4.78, 5) is 14.7. The first-order chi connectivity index (χ1) is 5.83. The van der Waals surface area contributed by atoms with Crippen molar-refractivity contribution in [3.63, 3.8) is 0 Å². The van der Waals surface area contributed by atoms with E-state index in [2.05, 4.69) is 4.99 Å². The molecule has 0 bridgehead atoms. The summed E-state index contributed by atoms with van der Waals surface area (Å²) >= 11 is 0. The first-order valence-corrected chi connectivity index (χ1v) is 3.82. The predicted molar refractivity (Wildman–Crippen MR) is 49.6 cm³/mol. The highest BCUT2D eigenvalue weighted by Crippen LogP contribution is 1.98. The van der Waals surface area contributed by atoms with E-state index < -0.39 is 0 Å². The Hall–Kier alpha value is -1.44. The third-order valence-electron chi connectivity index (χ3n) is 1.49. The van der Waals surface area contributed by atoms with Crippen LogP contribution in [-0.2, 0) is 11.2 Å². The van der Waals surface area contributed by atoms with Crippen molar-refractivity contribution in [3.05, 3.63) is 35.9 Å². The molecule has 0 fully saturated rings. The van der Waals surface area contributed by atoms with Crippen LogP contribution in [0, 0.1) is 0 Å². The van der Waals surface area contributed by atoms with Crippen LogP contribution in [-0.4, -0.2) is 19.0 Å². The van der Waals surface area contributed by atoms with Gasteiger partial charge in [-0.3, -0.25) is 9.79 Å². The van der Waals surface area contributed by atoms with Crippen LogP contribution in [0.2, 0.25) is 0 Å². The van der Waals surface area contributed by atoms with Gasteiger partial charge in [0, 0.05) is 13.5 Å². The number of rotatable bonds is 3. The first kappa shape index (κ1) is 8.65. The van der Waals surface area contributed by atoms with Gasteiger partial charge in [0.15, 0.2) is 5.78 Å². The number of hydrogen-bond acceptors (Lipinski definition) is 2. The number of carbonyl (C=O) groups excluding carboxylic acids is 1. The smallest absolute Gasteiger partial charge is 0.177 e. The summed E-state index contributed by atoms with van der Waals surface area (Å²) in [6, 6.07) is 9.64. The summed E-state index contributed by atoms with van der Waals surface area (Å²) in [6.07, 6.45) is 1.80. The second-order valence-corrected chi connectivity index (χ2v) is 2.52. The lowest BCUT2D eigenvalue weighted by Crippen LogP contribution is -2.03. The topological polar surface area (TPSA) is 29.4 Å². The third-order valence-corrected chi connectivity index (χ3v) is 1.49. The number of ketones is 1. The molecule has 0 aliphatic rings. The molecule has 0 heterocycles. The normalized spacial score (nSPS) is 10.4. The fourth-order valence-corrected chi connectivity index (χ4v) is 0.987. The molecule has 0 N–H and O–H groups in total. The maximum Gasteiger partial charge on any atom is 0.177 e. The van der Waals surface area contributed by atoms with Crippen LogP contribution in [0.3, 0.4) is 0 Å². The lowest BCUT2D eigenvalue weighted by atomic mass is 10.1. The van der Waals surface area contributed by atoms with Crippen LogP contribution < -0.4 is 0 Å². The van der Waals surface area contributed by atoms with E-state index in [1.807, 2.05) is 30.3 Å². The molecule has 12 heavy (non-hydrogen) atoms. The van der Waals surface area contributed by atoms with Gasteiger partial charge in [0.25, 0.3) is 0 Å². The molecule has 2 nitrogen and oxygen atoms in total. The fraction of sp³-hybridized carbons (Fsp3) is 0.200. The van der Waals surface area contributed by atoms with Gasteiger partial charge in [-0.2, -0.15) is 0 Å². The highest BCUT2D eigenvalue weighted by Gasteiger charge is 1.97. The molecular weight excluding hydrogens is 150 g/mol. The minimum Gasteiger partial charge on any atom is -0.293 e. The molecule has 0 saturated carbocycles. The van der Waals surface area contributed by atoms with Gasteiger partial charge in [0.2, 0.25) is 0 Å². The molecule has 0 radical (unpaired) electrons. The molecule has 62 valence electrons. The summed E-state index contributed by atoms with van der Waals surface area (Å²) in [5, 5.41) is 0. The Morgan fingerprint density at radius 3 is 2.67 bits per heavy atom. The molecule has 2 heteroatoms. The summed E-state index contributed by atoms with van der Waals surface area (Å²) in [7, 11) is 1.60. The quantitative estimate of drug-likeness (QED) is 0.618. The van der Waals surface area contributed by atoms with Crippen molar-refractivity contribution in [3.8, 4) is 0 Å². The van der Waals surface area contributed by atoms with E-state index in [1.165, 1.54) is 6.21 Å².